The van der Waals surface area contributed by atoms with Crippen LogP contribution in [0.5, 0.6) is 0 Å². The van der Waals surface area contributed by atoms with Gasteiger partial charge in [-0.1, -0.05) is 11.6 Å². The number of rotatable bonds is 3. The summed E-state index contributed by atoms with van der Waals surface area (Å²) in [5.41, 5.74) is -2.53. The Kier molecular flexibility index (Phi) is 5.83. The first-order chi connectivity index (χ1) is 7.36. The van der Waals surface area contributed by atoms with Gasteiger partial charge in [0.2, 0.25) is 0 Å². The summed E-state index contributed by atoms with van der Waals surface area (Å²) in [6, 6.07) is 1.87. The number of aromatic carboxylic acids is 2. The van der Waals surface area contributed by atoms with E-state index in [-0.39, 0.29) is 37.7 Å². The molecule has 0 aliphatic heterocycles. The Morgan fingerprint density at radius 1 is 1.24 bits per heavy atom. The first-order valence-electron chi connectivity index (χ1n) is 3.79. The molecule has 0 bridgehead atoms. The van der Waals surface area contributed by atoms with Crippen molar-refractivity contribution in [1.82, 2.24) is 0 Å². The second-order valence-electron chi connectivity index (χ2n) is 2.69. The summed E-state index contributed by atoms with van der Waals surface area (Å²) < 4.78 is 0. The molecule has 88 valence electrons. The molecule has 0 aliphatic rings. The second-order valence-corrected chi connectivity index (χ2v) is 3.09. The fourth-order valence-corrected chi connectivity index (χ4v) is 1.37. The number of nitro groups is 1. The van der Waals surface area contributed by atoms with Crippen LogP contribution in [0.15, 0.2) is 12.1 Å². The van der Waals surface area contributed by atoms with Gasteiger partial charge in [-0.25, -0.2) is 9.59 Å². The van der Waals surface area contributed by atoms with Crippen LogP contribution in [0.1, 0.15) is 20.7 Å². The Hall–Kier alpha value is -0.890. The van der Waals surface area contributed by atoms with E-state index in [1.165, 1.54) is 0 Å². The van der Waals surface area contributed by atoms with Gasteiger partial charge >= 0.3 is 55.4 Å². The first kappa shape index (κ1) is 16.1. The van der Waals surface area contributed by atoms with E-state index < -0.39 is 38.7 Å². The minimum atomic E-state index is -1.72. The Labute approximate surface area is 129 Å². The average molecular weight is 288 g/mol. The second kappa shape index (κ2) is 6.15. The van der Waals surface area contributed by atoms with Crippen LogP contribution in [0.2, 0.25) is 5.02 Å². The van der Waals surface area contributed by atoms with Crippen molar-refractivity contribution in [2.24, 2.45) is 0 Å². The van der Waals surface area contributed by atoms with Gasteiger partial charge < -0.3 is 10.2 Å². The predicted molar refractivity (Wildman–Crippen MR) is 60.6 cm³/mol. The third-order valence-corrected chi connectivity index (χ3v) is 2.06. The van der Waals surface area contributed by atoms with Gasteiger partial charge in [0, 0.05) is 0 Å². The Balaban J connectivity index is 0.00000256. The molecule has 0 radical (unpaired) electrons. The van der Waals surface area contributed by atoms with E-state index in [0.29, 0.717) is 0 Å². The zero-order valence-corrected chi connectivity index (χ0v) is 8.26. The van der Waals surface area contributed by atoms with Crippen LogP contribution < -0.4 is 0 Å². The van der Waals surface area contributed by atoms with Gasteiger partial charge in [0.25, 0.3) is 0 Å². The van der Waals surface area contributed by atoms with Gasteiger partial charge in [-0.2, -0.15) is 0 Å². The molecule has 0 saturated heterocycles. The molecule has 7 nitrogen and oxygen atoms in total. The summed E-state index contributed by atoms with van der Waals surface area (Å²) >= 11 is 5.45. The predicted octanol–water partition coefficient (Wildman–Crippen LogP) is 0.728. The topological polar surface area (TPSA) is 118 Å². The van der Waals surface area contributed by atoms with Crippen molar-refractivity contribution >= 4 is 67.0 Å². The molecule has 0 heterocycles. The van der Waals surface area contributed by atoms with E-state index in [2.05, 4.69) is 0 Å². The van der Waals surface area contributed by atoms with Crippen LogP contribution >= 0.6 is 11.6 Å². The van der Waals surface area contributed by atoms with Crippen molar-refractivity contribution in [3.63, 3.8) is 0 Å². The van der Waals surface area contributed by atoms with Gasteiger partial charge in [-0.15, -0.1) is 0 Å². The standard InChI is InChI=1S/C8H4ClNO6.Ca.2H/c9-4-2-1-3(7(11)12)5(8(13)14)6(4)10(15)16;;;/h1-2H,(H,11,12)(H,13,14);;;. The number of hydrogen-bond acceptors (Lipinski definition) is 4. The normalized spacial score (nSPS) is 9.24. The fourth-order valence-electron chi connectivity index (χ4n) is 1.14. The molecular weight excluding hydrogens is 282 g/mol. The number of carboxylic acid groups (broad SMARTS) is 2. The molecule has 2 N–H and O–H groups in total. The maximum atomic E-state index is 10.8. The van der Waals surface area contributed by atoms with E-state index in [1.54, 1.807) is 0 Å². The molecule has 0 saturated carbocycles. The third-order valence-electron chi connectivity index (χ3n) is 1.76. The van der Waals surface area contributed by atoms with Crippen LogP contribution in [-0.4, -0.2) is 64.8 Å². The minimum absolute atomic E-state index is 0. The molecule has 0 spiro atoms. The van der Waals surface area contributed by atoms with Crippen molar-refractivity contribution in [1.29, 1.82) is 0 Å². The molecule has 0 amide bonds. The van der Waals surface area contributed by atoms with Gasteiger partial charge in [0.15, 0.2) is 5.56 Å². The van der Waals surface area contributed by atoms with Crippen molar-refractivity contribution < 1.29 is 24.7 Å². The number of carbonyl (C=O) groups is 2. The van der Waals surface area contributed by atoms with Gasteiger partial charge in [-0.05, 0) is 12.1 Å². The Bertz CT molecular complexity index is 503. The molecule has 0 fully saturated rings. The molecule has 1 aromatic carbocycles. The van der Waals surface area contributed by atoms with E-state index in [1.807, 2.05) is 0 Å². The maximum absolute atomic E-state index is 10.8. The van der Waals surface area contributed by atoms with Crippen molar-refractivity contribution in [2.75, 3.05) is 0 Å². The van der Waals surface area contributed by atoms with E-state index in [9.17, 15) is 19.7 Å². The Morgan fingerprint density at radius 2 is 1.76 bits per heavy atom. The van der Waals surface area contributed by atoms with Crippen LogP contribution in [0.3, 0.4) is 0 Å². The average Bonchev–Trinajstić information content (AvgIpc) is 2.15. The quantitative estimate of drug-likeness (QED) is 0.480. The summed E-state index contributed by atoms with van der Waals surface area (Å²) in [5, 5.41) is 27.6. The van der Waals surface area contributed by atoms with Crippen LogP contribution in [0.25, 0.3) is 0 Å². The number of halogens is 1. The molecule has 1 rings (SSSR count). The molecule has 1 aromatic rings. The van der Waals surface area contributed by atoms with E-state index >= 15 is 0 Å². The molecule has 0 atom stereocenters. The molecule has 17 heavy (non-hydrogen) atoms. The van der Waals surface area contributed by atoms with Crippen LogP contribution in [-0.2, 0) is 0 Å². The summed E-state index contributed by atoms with van der Waals surface area (Å²) in [7, 11) is 0. The van der Waals surface area contributed by atoms with Gasteiger partial charge in [0.05, 0.1) is 10.5 Å². The van der Waals surface area contributed by atoms with Gasteiger partial charge in [0.1, 0.15) is 5.02 Å². The number of benzene rings is 1. The number of hydrogen-bond donors (Lipinski definition) is 2. The summed E-state index contributed by atoms with van der Waals surface area (Å²) in [6.45, 7) is 0. The van der Waals surface area contributed by atoms with E-state index in [4.69, 9.17) is 21.8 Å². The molecule has 0 aliphatic carbocycles. The number of nitro benzene ring substituents is 1. The van der Waals surface area contributed by atoms with E-state index in [0.717, 1.165) is 12.1 Å². The first-order valence-corrected chi connectivity index (χ1v) is 4.17. The van der Waals surface area contributed by atoms with Crippen LogP contribution in [0, 0.1) is 10.1 Å². The monoisotopic (exact) mass is 287 g/mol. The molecular formula is C8H6CaClNO6. The van der Waals surface area contributed by atoms with Crippen LogP contribution in [0.4, 0.5) is 5.69 Å². The number of nitrogens with zero attached hydrogens (tertiary/aromatic N) is 1. The van der Waals surface area contributed by atoms with Crippen molar-refractivity contribution in [3.8, 4) is 0 Å². The summed E-state index contributed by atoms with van der Waals surface area (Å²) in [5.74, 6) is -3.29. The molecule has 9 heteroatoms. The zero-order chi connectivity index (χ0) is 12.5. The summed E-state index contributed by atoms with van der Waals surface area (Å²) in [6.07, 6.45) is 0. The summed E-state index contributed by atoms with van der Waals surface area (Å²) in [4.78, 5) is 31.0. The fraction of sp³-hybridized carbons (Fsp3) is 0. The van der Waals surface area contributed by atoms with Crippen molar-refractivity contribution in [2.45, 2.75) is 0 Å². The Morgan fingerprint density at radius 3 is 2.12 bits per heavy atom. The van der Waals surface area contributed by atoms with Gasteiger partial charge in [-0.3, -0.25) is 10.1 Å². The zero-order valence-electron chi connectivity index (χ0n) is 7.51. The number of carboxylic acids is 2. The molecule has 0 unspecified atom stereocenters. The van der Waals surface area contributed by atoms with Crippen molar-refractivity contribution in [3.05, 3.63) is 38.4 Å². The third kappa shape index (κ3) is 3.29. The molecule has 0 aromatic heterocycles. The SMILES string of the molecule is O=C(O)c1ccc(Cl)c([N+](=O)[O-])c1C(=O)O.[CaH2].